The lowest BCUT2D eigenvalue weighted by Gasteiger charge is -2.09. The van der Waals surface area contributed by atoms with E-state index in [4.69, 9.17) is 10.5 Å². The summed E-state index contributed by atoms with van der Waals surface area (Å²) in [7, 11) is 0. The molecule has 1 aromatic carbocycles. The van der Waals surface area contributed by atoms with Crippen molar-refractivity contribution in [2.45, 2.75) is 26.3 Å². The van der Waals surface area contributed by atoms with Gasteiger partial charge in [0.15, 0.2) is 0 Å². The van der Waals surface area contributed by atoms with Crippen LogP contribution in [0.1, 0.15) is 23.2 Å². The molecule has 4 heteroatoms. The summed E-state index contributed by atoms with van der Waals surface area (Å²) in [4.78, 5) is 4.42. The van der Waals surface area contributed by atoms with Gasteiger partial charge >= 0.3 is 0 Å². The average molecular weight is 262 g/mol. The minimum atomic E-state index is 0.518. The Morgan fingerprint density at radius 2 is 2.17 bits per heavy atom. The van der Waals surface area contributed by atoms with E-state index in [2.05, 4.69) is 23.4 Å². The van der Waals surface area contributed by atoms with E-state index in [1.165, 1.54) is 5.56 Å². The molecule has 0 unspecified atom stereocenters. The molecule has 1 aromatic heterocycles. The zero-order chi connectivity index (χ0) is 12.8. The first-order valence-electron chi connectivity index (χ1n) is 6.17. The number of aryl methyl sites for hydroxylation is 1. The molecule has 96 valence electrons. The summed E-state index contributed by atoms with van der Waals surface area (Å²) in [6.45, 7) is 3.31. The number of hydrogen-bond acceptors (Lipinski definition) is 4. The average Bonchev–Trinajstić information content (AvgIpc) is 2.87. The fraction of sp³-hybridized carbons (Fsp3) is 0.357. The lowest BCUT2D eigenvalue weighted by atomic mass is 10.1. The Bertz CT molecular complexity index is 496. The van der Waals surface area contributed by atoms with E-state index in [1.807, 2.05) is 18.2 Å². The van der Waals surface area contributed by atoms with Gasteiger partial charge < -0.3 is 10.5 Å². The van der Waals surface area contributed by atoms with E-state index in [0.29, 0.717) is 13.2 Å². The van der Waals surface area contributed by atoms with Crippen LogP contribution in [0.25, 0.3) is 0 Å². The largest absolute Gasteiger partial charge is 0.493 e. The van der Waals surface area contributed by atoms with Gasteiger partial charge in [0.25, 0.3) is 0 Å². The minimum absolute atomic E-state index is 0.518. The highest BCUT2D eigenvalue weighted by Gasteiger charge is 2.03. The van der Waals surface area contributed by atoms with Gasteiger partial charge in [-0.15, -0.1) is 11.3 Å². The fourth-order valence-electron chi connectivity index (χ4n) is 1.76. The SMILES string of the molecule is CCc1ccccc1OCCc1csc(CN)n1. The maximum absolute atomic E-state index is 5.81. The van der Waals surface area contributed by atoms with Gasteiger partial charge in [-0.05, 0) is 18.1 Å². The first kappa shape index (κ1) is 13.1. The second kappa shape index (κ2) is 6.52. The summed E-state index contributed by atoms with van der Waals surface area (Å²) < 4.78 is 5.81. The molecule has 0 aliphatic carbocycles. The van der Waals surface area contributed by atoms with Gasteiger partial charge in [0.1, 0.15) is 10.8 Å². The van der Waals surface area contributed by atoms with Crippen LogP contribution in [-0.4, -0.2) is 11.6 Å². The van der Waals surface area contributed by atoms with Gasteiger partial charge in [-0.1, -0.05) is 25.1 Å². The summed E-state index contributed by atoms with van der Waals surface area (Å²) in [6, 6.07) is 8.17. The van der Waals surface area contributed by atoms with Crippen LogP contribution in [0.3, 0.4) is 0 Å². The molecule has 0 amide bonds. The Hall–Kier alpha value is -1.39. The van der Waals surface area contributed by atoms with Crippen molar-refractivity contribution < 1.29 is 4.74 Å². The van der Waals surface area contributed by atoms with Crippen LogP contribution in [-0.2, 0) is 19.4 Å². The molecule has 0 saturated heterocycles. The topological polar surface area (TPSA) is 48.1 Å². The number of thiazole rings is 1. The van der Waals surface area contributed by atoms with Crippen molar-refractivity contribution in [1.29, 1.82) is 0 Å². The van der Waals surface area contributed by atoms with Crippen molar-refractivity contribution in [1.82, 2.24) is 4.98 Å². The number of benzene rings is 1. The van der Waals surface area contributed by atoms with Crippen molar-refractivity contribution in [2.24, 2.45) is 5.73 Å². The summed E-state index contributed by atoms with van der Waals surface area (Å²) >= 11 is 1.61. The van der Waals surface area contributed by atoms with Crippen molar-refractivity contribution >= 4 is 11.3 Å². The normalized spacial score (nSPS) is 10.6. The molecule has 0 spiro atoms. The molecule has 0 atom stereocenters. The maximum atomic E-state index is 5.81. The molecule has 2 rings (SSSR count). The van der Waals surface area contributed by atoms with Gasteiger partial charge in [0.2, 0.25) is 0 Å². The van der Waals surface area contributed by atoms with Crippen LogP contribution in [0.2, 0.25) is 0 Å². The summed E-state index contributed by atoms with van der Waals surface area (Å²) in [5, 5.41) is 3.04. The maximum Gasteiger partial charge on any atom is 0.122 e. The number of aromatic nitrogens is 1. The molecule has 0 aliphatic rings. The van der Waals surface area contributed by atoms with Crippen molar-refractivity contribution in [3.05, 3.63) is 45.9 Å². The monoisotopic (exact) mass is 262 g/mol. The lowest BCUT2D eigenvalue weighted by Crippen LogP contribution is -2.04. The highest BCUT2D eigenvalue weighted by molar-refractivity contribution is 7.09. The molecular formula is C14H18N2OS. The molecule has 18 heavy (non-hydrogen) atoms. The number of nitrogens with two attached hydrogens (primary N) is 1. The van der Waals surface area contributed by atoms with Gasteiger partial charge in [0, 0.05) is 18.3 Å². The molecule has 3 nitrogen and oxygen atoms in total. The molecule has 0 radical (unpaired) electrons. The van der Waals surface area contributed by atoms with Crippen LogP contribution in [0.4, 0.5) is 0 Å². The zero-order valence-electron chi connectivity index (χ0n) is 10.6. The number of nitrogens with zero attached hydrogens (tertiary/aromatic N) is 1. The smallest absolute Gasteiger partial charge is 0.122 e. The van der Waals surface area contributed by atoms with Gasteiger partial charge in [-0.2, -0.15) is 0 Å². The van der Waals surface area contributed by atoms with Gasteiger partial charge in [0.05, 0.1) is 12.3 Å². The second-order valence-corrected chi connectivity index (χ2v) is 4.94. The van der Waals surface area contributed by atoms with Crippen LogP contribution >= 0.6 is 11.3 Å². The van der Waals surface area contributed by atoms with E-state index < -0.39 is 0 Å². The van der Waals surface area contributed by atoms with E-state index in [-0.39, 0.29) is 0 Å². The standard InChI is InChI=1S/C14H18N2OS/c1-2-11-5-3-4-6-13(11)17-8-7-12-10-18-14(9-15)16-12/h3-6,10H,2,7-9,15H2,1H3. The molecular weight excluding hydrogens is 244 g/mol. The number of rotatable bonds is 6. The Labute approximate surface area is 112 Å². The molecule has 1 heterocycles. The van der Waals surface area contributed by atoms with Crippen molar-refractivity contribution in [2.75, 3.05) is 6.61 Å². The van der Waals surface area contributed by atoms with Crippen molar-refractivity contribution in [3.63, 3.8) is 0 Å². The first-order valence-corrected chi connectivity index (χ1v) is 7.05. The lowest BCUT2D eigenvalue weighted by molar-refractivity contribution is 0.317. The number of para-hydroxylation sites is 1. The predicted molar refractivity (Wildman–Crippen MR) is 75.0 cm³/mol. The Kier molecular flexibility index (Phi) is 4.73. The highest BCUT2D eigenvalue weighted by atomic mass is 32.1. The fourth-order valence-corrected chi connectivity index (χ4v) is 2.47. The Morgan fingerprint density at radius 3 is 2.89 bits per heavy atom. The molecule has 0 aliphatic heterocycles. The van der Waals surface area contributed by atoms with Gasteiger partial charge in [-0.25, -0.2) is 4.98 Å². The highest BCUT2D eigenvalue weighted by Crippen LogP contribution is 2.18. The summed E-state index contributed by atoms with van der Waals surface area (Å²) in [6.07, 6.45) is 1.82. The van der Waals surface area contributed by atoms with E-state index >= 15 is 0 Å². The zero-order valence-corrected chi connectivity index (χ0v) is 11.4. The van der Waals surface area contributed by atoms with E-state index in [0.717, 1.165) is 29.3 Å². The molecule has 2 N–H and O–H groups in total. The number of ether oxygens (including phenoxy) is 1. The number of hydrogen-bond donors (Lipinski definition) is 1. The van der Waals surface area contributed by atoms with Gasteiger partial charge in [-0.3, -0.25) is 0 Å². The predicted octanol–water partition coefficient (Wildman–Crippen LogP) is 2.79. The Morgan fingerprint density at radius 1 is 1.33 bits per heavy atom. The Balaban J connectivity index is 1.88. The third-order valence-electron chi connectivity index (χ3n) is 2.74. The summed E-state index contributed by atoms with van der Waals surface area (Å²) in [5.41, 5.74) is 7.85. The van der Waals surface area contributed by atoms with Crippen LogP contribution < -0.4 is 10.5 Å². The van der Waals surface area contributed by atoms with Crippen LogP contribution in [0, 0.1) is 0 Å². The third-order valence-corrected chi connectivity index (χ3v) is 3.66. The minimum Gasteiger partial charge on any atom is -0.493 e. The van der Waals surface area contributed by atoms with Crippen LogP contribution in [0.15, 0.2) is 29.6 Å². The summed E-state index contributed by atoms with van der Waals surface area (Å²) in [5.74, 6) is 0.981. The second-order valence-electron chi connectivity index (χ2n) is 4.00. The molecule has 0 saturated carbocycles. The molecule has 0 fully saturated rings. The first-order chi connectivity index (χ1) is 8.83. The van der Waals surface area contributed by atoms with E-state index in [9.17, 15) is 0 Å². The van der Waals surface area contributed by atoms with E-state index in [1.54, 1.807) is 11.3 Å². The quantitative estimate of drug-likeness (QED) is 0.871. The third kappa shape index (κ3) is 3.31. The molecule has 2 aromatic rings. The molecule has 0 bridgehead atoms. The van der Waals surface area contributed by atoms with Crippen molar-refractivity contribution in [3.8, 4) is 5.75 Å². The van der Waals surface area contributed by atoms with Crippen LogP contribution in [0.5, 0.6) is 5.75 Å².